The predicted octanol–water partition coefficient (Wildman–Crippen LogP) is 3.69. The van der Waals surface area contributed by atoms with Crippen molar-refractivity contribution in [3.63, 3.8) is 0 Å². The summed E-state index contributed by atoms with van der Waals surface area (Å²) in [6.45, 7) is 2.45. The number of aromatic nitrogens is 1. The fraction of sp³-hybridized carbons (Fsp3) is 0.222. The van der Waals surface area contributed by atoms with E-state index in [0.717, 1.165) is 27.4 Å². The minimum absolute atomic E-state index is 0.0404. The quantitative estimate of drug-likeness (QED) is 0.742. The van der Waals surface area contributed by atoms with Crippen LogP contribution in [0.1, 0.15) is 20.9 Å². The van der Waals surface area contributed by atoms with Gasteiger partial charge in [0.1, 0.15) is 12.0 Å². The summed E-state index contributed by atoms with van der Waals surface area (Å²) in [5, 5.41) is 4.83. The number of hydrogen-bond donors (Lipinski definition) is 1. The van der Waals surface area contributed by atoms with Crippen LogP contribution in [0.2, 0.25) is 0 Å². The molecule has 0 fully saturated rings. The third-order valence-electron chi connectivity index (χ3n) is 3.62. The number of hydrogen-bond acceptors (Lipinski definition) is 5. The topological polar surface area (TPSA) is 64.4 Å². The molecule has 0 atom stereocenters. The van der Waals surface area contributed by atoms with Gasteiger partial charge in [-0.05, 0) is 48.2 Å². The van der Waals surface area contributed by atoms with Gasteiger partial charge in [-0.3, -0.25) is 4.79 Å². The summed E-state index contributed by atoms with van der Waals surface area (Å²) in [6.07, 6.45) is 2.25. The molecule has 0 saturated carbocycles. The van der Waals surface area contributed by atoms with Crippen molar-refractivity contribution in [2.24, 2.45) is 0 Å². The lowest BCUT2D eigenvalue weighted by atomic mass is 10.2. The fourth-order valence-corrected chi connectivity index (χ4v) is 3.12. The van der Waals surface area contributed by atoms with Gasteiger partial charge in [0.05, 0.1) is 17.7 Å². The fourth-order valence-electron chi connectivity index (χ4n) is 2.28. The van der Waals surface area contributed by atoms with Gasteiger partial charge in [0, 0.05) is 18.5 Å². The van der Waals surface area contributed by atoms with E-state index in [1.807, 2.05) is 42.6 Å². The van der Waals surface area contributed by atoms with Gasteiger partial charge in [-0.1, -0.05) is 0 Å². The van der Waals surface area contributed by atoms with E-state index < -0.39 is 0 Å². The van der Waals surface area contributed by atoms with Crippen LogP contribution in [0.4, 0.5) is 0 Å². The Hall–Kier alpha value is -2.60. The minimum Gasteiger partial charge on any atom is -0.497 e. The Bertz CT molecular complexity index is 821. The summed E-state index contributed by atoms with van der Waals surface area (Å²) in [5.41, 5.74) is 2.70. The number of carbonyl (C=O) groups excluding carboxylic acids is 1. The number of nitrogens with zero attached hydrogens (tertiary/aromatic N) is 1. The average molecular weight is 342 g/mol. The van der Waals surface area contributed by atoms with E-state index in [4.69, 9.17) is 9.15 Å². The highest BCUT2D eigenvalue weighted by molar-refractivity contribution is 7.12. The van der Waals surface area contributed by atoms with Gasteiger partial charge < -0.3 is 14.5 Å². The monoisotopic (exact) mass is 342 g/mol. The van der Waals surface area contributed by atoms with E-state index in [1.165, 1.54) is 11.3 Å². The molecule has 6 heteroatoms. The number of amides is 1. The molecule has 1 N–H and O–H groups in total. The maximum atomic E-state index is 12.0. The molecular weight excluding hydrogens is 324 g/mol. The van der Waals surface area contributed by atoms with E-state index >= 15 is 0 Å². The highest BCUT2D eigenvalue weighted by Crippen LogP contribution is 2.22. The first-order valence-electron chi connectivity index (χ1n) is 7.58. The molecule has 0 spiro atoms. The molecule has 0 aliphatic carbocycles. The molecule has 2 aromatic heterocycles. The summed E-state index contributed by atoms with van der Waals surface area (Å²) in [4.78, 5) is 17.3. The second-order valence-electron chi connectivity index (χ2n) is 5.31. The number of methoxy groups -OCH3 is 1. The maximum Gasteiger partial charge on any atom is 0.261 e. The number of carbonyl (C=O) groups is 1. The molecule has 0 saturated heterocycles. The van der Waals surface area contributed by atoms with Gasteiger partial charge >= 0.3 is 0 Å². The maximum absolute atomic E-state index is 12.0. The van der Waals surface area contributed by atoms with Gasteiger partial charge in [-0.2, -0.15) is 0 Å². The lowest BCUT2D eigenvalue weighted by molar-refractivity contribution is 0.0957. The van der Waals surface area contributed by atoms with Crippen LogP contribution in [-0.2, 0) is 6.42 Å². The first-order chi connectivity index (χ1) is 11.7. The van der Waals surface area contributed by atoms with Crippen LogP contribution in [0.5, 0.6) is 5.75 Å². The largest absolute Gasteiger partial charge is 0.497 e. The summed E-state index contributed by atoms with van der Waals surface area (Å²) < 4.78 is 10.6. The average Bonchev–Trinajstić information content (AvgIpc) is 3.24. The number of thiophene rings is 1. The molecule has 3 rings (SSSR count). The number of rotatable bonds is 6. The van der Waals surface area contributed by atoms with Gasteiger partial charge in [0.2, 0.25) is 5.89 Å². The number of benzene rings is 1. The first-order valence-corrected chi connectivity index (χ1v) is 8.46. The minimum atomic E-state index is -0.0404. The summed E-state index contributed by atoms with van der Waals surface area (Å²) in [7, 11) is 1.63. The molecule has 0 bridgehead atoms. The standard InChI is InChI=1S/C18H18N2O3S/c1-12-8-10-24-16(12)17(21)19-9-7-14-11-23-18(20-14)13-3-5-15(22-2)6-4-13/h3-6,8,10-11H,7,9H2,1-2H3,(H,19,21). The Morgan fingerprint density at radius 1 is 1.29 bits per heavy atom. The summed E-state index contributed by atoms with van der Waals surface area (Å²) in [6, 6.07) is 9.47. The van der Waals surface area contributed by atoms with E-state index in [1.54, 1.807) is 13.4 Å². The van der Waals surface area contributed by atoms with Gasteiger partial charge in [-0.25, -0.2) is 4.98 Å². The van der Waals surface area contributed by atoms with Gasteiger partial charge in [0.15, 0.2) is 0 Å². The van der Waals surface area contributed by atoms with Crippen LogP contribution in [0.3, 0.4) is 0 Å². The van der Waals surface area contributed by atoms with Gasteiger partial charge in [0.25, 0.3) is 5.91 Å². The molecule has 2 heterocycles. The van der Waals surface area contributed by atoms with Crippen molar-refractivity contribution < 1.29 is 13.9 Å². The Morgan fingerprint density at radius 3 is 2.75 bits per heavy atom. The highest BCUT2D eigenvalue weighted by atomic mass is 32.1. The Morgan fingerprint density at radius 2 is 2.08 bits per heavy atom. The molecular formula is C18H18N2O3S. The van der Waals surface area contributed by atoms with E-state index in [9.17, 15) is 4.79 Å². The van der Waals surface area contributed by atoms with Crippen LogP contribution in [0.15, 0.2) is 46.4 Å². The highest BCUT2D eigenvalue weighted by Gasteiger charge is 2.11. The number of oxazole rings is 1. The third kappa shape index (κ3) is 3.65. The van der Waals surface area contributed by atoms with Crippen LogP contribution in [0, 0.1) is 6.92 Å². The first kappa shape index (κ1) is 16.3. The normalized spacial score (nSPS) is 10.6. The SMILES string of the molecule is COc1ccc(-c2nc(CCNC(=O)c3sccc3C)co2)cc1. The van der Waals surface area contributed by atoms with Crippen molar-refractivity contribution >= 4 is 17.2 Å². The summed E-state index contributed by atoms with van der Waals surface area (Å²) >= 11 is 1.45. The van der Waals surface area contributed by atoms with Crippen molar-refractivity contribution in [1.82, 2.24) is 10.3 Å². The van der Waals surface area contributed by atoms with Crippen molar-refractivity contribution in [1.29, 1.82) is 0 Å². The molecule has 5 nitrogen and oxygen atoms in total. The van der Waals surface area contributed by atoms with Gasteiger partial charge in [-0.15, -0.1) is 11.3 Å². The molecule has 1 aromatic carbocycles. The number of ether oxygens (including phenoxy) is 1. The molecule has 0 aliphatic heterocycles. The van der Waals surface area contributed by atoms with E-state index in [-0.39, 0.29) is 5.91 Å². The zero-order valence-corrected chi connectivity index (χ0v) is 14.4. The van der Waals surface area contributed by atoms with Crippen molar-refractivity contribution in [2.45, 2.75) is 13.3 Å². The molecule has 24 heavy (non-hydrogen) atoms. The molecule has 124 valence electrons. The Labute approximate surface area is 144 Å². The number of nitrogens with one attached hydrogen (secondary N) is 1. The van der Waals surface area contributed by atoms with Crippen molar-refractivity contribution in [3.05, 3.63) is 58.1 Å². The van der Waals surface area contributed by atoms with Crippen molar-refractivity contribution in [2.75, 3.05) is 13.7 Å². The van der Waals surface area contributed by atoms with Crippen LogP contribution in [-0.4, -0.2) is 24.5 Å². The second kappa shape index (κ2) is 7.31. The lowest BCUT2D eigenvalue weighted by Crippen LogP contribution is -2.25. The molecule has 3 aromatic rings. The Kier molecular flexibility index (Phi) is 4.96. The van der Waals surface area contributed by atoms with Crippen LogP contribution < -0.4 is 10.1 Å². The van der Waals surface area contributed by atoms with Crippen molar-refractivity contribution in [3.8, 4) is 17.2 Å². The summed E-state index contributed by atoms with van der Waals surface area (Å²) in [5.74, 6) is 1.31. The smallest absolute Gasteiger partial charge is 0.261 e. The van der Waals surface area contributed by atoms with Crippen LogP contribution >= 0.6 is 11.3 Å². The lowest BCUT2D eigenvalue weighted by Gasteiger charge is -2.02. The second-order valence-corrected chi connectivity index (χ2v) is 6.23. The van der Waals surface area contributed by atoms with E-state index in [0.29, 0.717) is 18.9 Å². The molecule has 0 radical (unpaired) electrons. The third-order valence-corrected chi connectivity index (χ3v) is 4.64. The predicted molar refractivity (Wildman–Crippen MR) is 93.6 cm³/mol. The van der Waals surface area contributed by atoms with Crippen LogP contribution in [0.25, 0.3) is 11.5 Å². The van der Waals surface area contributed by atoms with E-state index in [2.05, 4.69) is 10.3 Å². The zero-order valence-electron chi connectivity index (χ0n) is 13.5. The molecule has 0 unspecified atom stereocenters. The number of aryl methyl sites for hydroxylation is 1. The zero-order chi connectivity index (χ0) is 16.9. The molecule has 1 amide bonds. The molecule has 0 aliphatic rings. The Balaban J connectivity index is 1.56.